The predicted molar refractivity (Wildman–Crippen MR) is 79.9 cm³/mol. The molecule has 1 aliphatic rings. The summed E-state index contributed by atoms with van der Waals surface area (Å²) in [7, 11) is -3.32. The first kappa shape index (κ1) is 15.5. The zero-order chi connectivity index (χ0) is 14.6. The topological polar surface area (TPSA) is 65.2 Å². The number of sulfonamides is 1. The van der Waals surface area contributed by atoms with Crippen LogP contribution in [-0.4, -0.2) is 37.3 Å². The molecular weight excluding hydrogens is 274 g/mol. The van der Waals surface area contributed by atoms with Crippen molar-refractivity contribution in [2.24, 2.45) is 5.92 Å². The second-order valence-electron chi connectivity index (χ2n) is 5.40. The Bertz CT molecular complexity index is 516. The Labute approximate surface area is 121 Å². The summed E-state index contributed by atoms with van der Waals surface area (Å²) in [5.41, 5.74) is 0.911. The molecule has 0 radical (unpaired) electrons. The second kappa shape index (κ2) is 6.74. The maximum Gasteiger partial charge on any atom is 0.244 e. The highest BCUT2D eigenvalue weighted by Gasteiger charge is 2.29. The summed E-state index contributed by atoms with van der Waals surface area (Å²) in [5.74, 6) is 0.678. The highest BCUT2D eigenvalue weighted by Crippen LogP contribution is 2.25. The summed E-state index contributed by atoms with van der Waals surface area (Å²) < 4.78 is 26.7. The molecule has 0 aliphatic carbocycles. The summed E-state index contributed by atoms with van der Waals surface area (Å²) >= 11 is 0. The van der Waals surface area contributed by atoms with Gasteiger partial charge < -0.3 is 10.3 Å². The van der Waals surface area contributed by atoms with Crippen molar-refractivity contribution in [1.29, 1.82) is 0 Å². The van der Waals surface area contributed by atoms with Gasteiger partial charge in [0.25, 0.3) is 0 Å². The van der Waals surface area contributed by atoms with E-state index in [4.69, 9.17) is 0 Å². The third-order valence-corrected chi connectivity index (χ3v) is 5.95. The Morgan fingerprint density at radius 3 is 2.65 bits per heavy atom. The van der Waals surface area contributed by atoms with Crippen molar-refractivity contribution in [3.63, 3.8) is 0 Å². The molecule has 1 fully saturated rings. The van der Waals surface area contributed by atoms with Crippen LogP contribution in [-0.2, 0) is 16.6 Å². The van der Waals surface area contributed by atoms with Gasteiger partial charge in [0, 0.05) is 31.5 Å². The highest BCUT2D eigenvalue weighted by molar-refractivity contribution is 7.89. The van der Waals surface area contributed by atoms with Gasteiger partial charge in [-0.2, -0.15) is 4.31 Å². The van der Waals surface area contributed by atoms with Gasteiger partial charge in [-0.15, -0.1) is 0 Å². The van der Waals surface area contributed by atoms with Crippen molar-refractivity contribution in [2.75, 3.05) is 19.6 Å². The van der Waals surface area contributed by atoms with Gasteiger partial charge in [-0.1, -0.05) is 20.3 Å². The normalized spacial score (nSPS) is 18.5. The van der Waals surface area contributed by atoms with Crippen LogP contribution in [0.1, 0.15) is 38.8 Å². The minimum atomic E-state index is -3.32. The predicted octanol–water partition coefficient (Wildman–Crippen LogP) is 1.93. The first-order chi connectivity index (χ1) is 9.57. The molecule has 0 aromatic carbocycles. The lowest BCUT2D eigenvalue weighted by molar-refractivity contribution is 0.269. The molecule has 20 heavy (non-hydrogen) atoms. The summed E-state index contributed by atoms with van der Waals surface area (Å²) in [4.78, 5) is 3.43. The Morgan fingerprint density at radius 2 is 2.05 bits per heavy atom. The minimum absolute atomic E-state index is 0.389. The van der Waals surface area contributed by atoms with Crippen LogP contribution >= 0.6 is 0 Å². The van der Waals surface area contributed by atoms with Crippen LogP contribution in [0.3, 0.4) is 0 Å². The van der Waals surface area contributed by atoms with E-state index in [0.717, 1.165) is 31.5 Å². The second-order valence-corrected chi connectivity index (χ2v) is 7.33. The number of rotatable bonds is 6. The molecule has 0 unspecified atom stereocenters. The van der Waals surface area contributed by atoms with Crippen LogP contribution in [0.15, 0.2) is 17.2 Å². The van der Waals surface area contributed by atoms with Crippen LogP contribution in [0.4, 0.5) is 0 Å². The fraction of sp³-hybridized carbons (Fsp3) is 0.714. The SMILES string of the molecule is CCNCc1cc(S(=O)(=O)N2CCC(CC)CC2)c[nH]1. The molecule has 0 spiro atoms. The summed E-state index contributed by atoms with van der Waals surface area (Å²) in [6.45, 7) is 7.03. The number of hydrogen-bond acceptors (Lipinski definition) is 3. The number of nitrogens with zero attached hydrogens (tertiary/aromatic N) is 1. The third kappa shape index (κ3) is 3.42. The average molecular weight is 299 g/mol. The molecule has 1 aromatic heterocycles. The minimum Gasteiger partial charge on any atom is -0.363 e. The molecule has 6 heteroatoms. The molecule has 0 bridgehead atoms. The van der Waals surface area contributed by atoms with Gasteiger partial charge in [0.2, 0.25) is 10.0 Å². The van der Waals surface area contributed by atoms with E-state index >= 15 is 0 Å². The molecule has 2 rings (SSSR count). The standard InChI is InChI=1S/C14H25N3O2S/c1-3-12-5-7-17(8-6-12)20(18,19)14-9-13(16-11-14)10-15-4-2/h9,11-12,15-16H,3-8,10H2,1-2H3. The van der Waals surface area contributed by atoms with Crippen molar-refractivity contribution < 1.29 is 8.42 Å². The largest absolute Gasteiger partial charge is 0.363 e. The molecule has 1 saturated heterocycles. The van der Waals surface area contributed by atoms with E-state index in [0.29, 0.717) is 30.4 Å². The molecule has 1 aliphatic heterocycles. The molecule has 0 atom stereocenters. The molecule has 114 valence electrons. The molecule has 0 saturated carbocycles. The van der Waals surface area contributed by atoms with E-state index in [1.54, 1.807) is 16.6 Å². The third-order valence-electron chi connectivity index (χ3n) is 4.07. The Hall–Kier alpha value is -0.850. The van der Waals surface area contributed by atoms with Crippen LogP contribution < -0.4 is 5.32 Å². The van der Waals surface area contributed by atoms with E-state index < -0.39 is 10.0 Å². The van der Waals surface area contributed by atoms with Crippen molar-refractivity contribution in [3.8, 4) is 0 Å². The summed E-state index contributed by atoms with van der Waals surface area (Å²) in [6, 6.07) is 1.74. The quantitative estimate of drug-likeness (QED) is 0.843. The van der Waals surface area contributed by atoms with E-state index in [1.165, 1.54) is 0 Å². The lowest BCUT2D eigenvalue weighted by Crippen LogP contribution is -2.38. The van der Waals surface area contributed by atoms with Gasteiger partial charge in [-0.05, 0) is 31.4 Å². The Morgan fingerprint density at radius 1 is 1.35 bits per heavy atom. The number of hydrogen-bond donors (Lipinski definition) is 2. The highest BCUT2D eigenvalue weighted by atomic mass is 32.2. The van der Waals surface area contributed by atoms with Crippen molar-refractivity contribution in [3.05, 3.63) is 18.0 Å². The fourth-order valence-electron chi connectivity index (χ4n) is 2.64. The van der Waals surface area contributed by atoms with Crippen molar-refractivity contribution >= 4 is 10.0 Å². The van der Waals surface area contributed by atoms with Crippen LogP contribution in [0.5, 0.6) is 0 Å². The number of H-pyrrole nitrogens is 1. The smallest absolute Gasteiger partial charge is 0.244 e. The zero-order valence-corrected chi connectivity index (χ0v) is 13.2. The summed E-state index contributed by atoms with van der Waals surface area (Å²) in [5, 5.41) is 3.18. The Kier molecular flexibility index (Phi) is 5.23. The van der Waals surface area contributed by atoms with Gasteiger partial charge in [0.15, 0.2) is 0 Å². The van der Waals surface area contributed by atoms with Crippen molar-refractivity contribution in [2.45, 2.75) is 44.6 Å². The lowest BCUT2D eigenvalue weighted by Gasteiger charge is -2.30. The number of aromatic amines is 1. The number of aromatic nitrogens is 1. The van der Waals surface area contributed by atoms with Crippen molar-refractivity contribution in [1.82, 2.24) is 14.6 Å². The maximum absolute atomic E-state index is 12.6. The van der Waals surface area contributed by atoms with E-state index in [2.05, 4.69) is 17.2 Å². The average Bonchev–Trinajstić information content (AvgIpc) is 2.94. The number of nitrogens with one attached hydrogen (secondary N) is 2. The molecule has 1 aromatic rings. The fourth-order valence-corrected chi connectivity index (χ4v) is 4.13. The van der Waals surface area contributed by atoms with Gasteiger partial charge in [0.1, 0.15) is 0 Å². The van der Waals surface area contributed by atoms with E-state index in [9.17, 15) is 8.42 Å². The first-order valence-corrected chi connectivity index (χ1v) is 8.90. The van der Waals surface area contributed by atoms with E-state index in [1.807, 2.05) is 6.92 Å². The Balaban J connectivity index is 2.04. The van der Waals surface area contributed by atoms with Gasteiger partial charge in [-0.3, -0.25) is 0 Å². The van der Waals surface area contributed by atoms with Gasteiger partial charge in [0.05, 0.1) is 4.90 Å². The van der Waals surface area contributed by atoms with Gasteiger partial charge >= 0.3 is 0 Å². The summed E-state index contributed by atoms with van der Waals surface area (Å²) in [6.07, 6.45) is 4.70. The number of piperidine rings is 1. The van der Waals surface area contributed by atoms with Crippen LogP contribution in [0.2, 0.25) is 0 Å². The van der Waals surface area contributed by atoms with Gasteiger partial charge in [-0.25, -0.2) is 8.42 Å². The maximum atomic E-state index is 12.6. The zero-order valence-electron chi connectivity index (χ0n) is 12.4. The lowest BCUT2D eigenvalue weighted by atomic mass is 9.96. The van der Waals surface area contributed by atoms with Crippen LogP contribution in [0, 0.1) is 5.92 Å². The molecule has 2 N–H and O–H groups in total. The monoisotopic (exact) mass is 299 g/mol. The van der Waals surface area contributed by atoms with Crippen LogP contribution in [0.25, 0.3) is 0 Å². The molecular formula is C14H25N3O2S. The molecule has 2 heterocycles. The van der Waals surface area contributed by atoms with E-state index in [-0.39, 0.29) is 0 Å². The first-order valence-electron chi connectivity index (χ1n) is 7.46. The molecule has 0 amide bonds. The molecule has 5 nitrogen and oxygen atoms in total.